The van der Waals surface area contributed by atoms with E-state index in [1.165, 1.54) is 24.7 Å². The fraction of sp³-hybridized carbons (Fsp3) is 0.250. The lowest BCUT2D eigenvalue weighted by atomic mass is 9.99. The largest absolute Gasteiger partial charge is 0.366 e. The molecule has 8 heteroatoms. The van der Waals surface area contributed by atoms with Crippen LogP contribution in [0.2, 0.25) is 0 Å². The number of nitrogens with zero attached hydrogens (tertiary/aromatic N) is 2. The number of nitrogens with one attached hydrogen (secondary N) is 1. The quantitative estimate of drug-likeness (QED) is 0.675. The minimum absolute atomic E-state index is 0.281. The molecule has 1 heterocycles. The van der Waals surface area contributed by atoms with E-state index < -0.39 is 20.6 Å². The third kappa shape index (κ3) is 2.85. The van der Waals surface area contributed by atoms with Crippen LogP contribution in [-0.4, -0.2) is 26.9 Å². The van der Waals surface area contributed by atoms with Gasteiger partial charge in [0, 0.05) is 19.2 Å². The first-order valence-electron chi connectivity index (χ1n) is 7.46. The van der Waals surface area contributed by atoms with Crippen LogP contribution in [0, 0.1) is 10.1 Å². The van der Waals surface area contributed by atoms with Gasteiger partial charge in [0.2, 0.25) is 10.0 Å². The van der Waals surface area contributed by atoms with E-state index in [1.54, 1.807) is 6.07 Å². The molecular weight excluding hydrogens is 330 g/mol. The van der Waals surface area contributed by atoms with Crippen LogP contribution in [-0.2, 0) is 23.0 Å². The van der Waals surface area contributed by atoms with Crippen LogP contribution in [0.25, 0.3) is 0 Å². The zero-order valence-electron chi connectivity index (χ0n) is 13.1. The van der Waals surface area contributed by atoms with Crippen LogP contribution in [0.1, 0.15) is 11.1 Å². The predicted octanol–water partition coefficient (Wildman–Crippen LogP) is 2.07. The van der Waals surface area contributed by atoms with Crippen molar-refractivity contribution in [1.29, 1.82) is 0 Å². The molecule has 0 atom stereocenters. The monoisotopic (exact) mass is 347 g/mol. The van der Waals surface area contributed by atoms with Crippen LogP contribution in [0.15, 0.2) is 47.4 Å². The molecule has 126 valence electrons. The number of nitro groups is 1. The molecule has 0 radical (unpaired) electrons. The number of sulfonamides is 1. The molecule has 24 heavy (non-hydrogen) atoms. The Morgan fingerprint density at radius 3 is 2.50 bits per heavy atom. The third-order valence-corrected chi connectivity index (χ3v) is 5.67. The summed E-state index contributed by atoms with van der Waals surface area (Å²) in [6, 6.07) is 12.3. The summed E-state index contributed by atoms with van der Waals surface area (Å²) in [6.45, 7) is 1.12. The van der Waals surface area contributed by atoms with Crippen molar-refractivity contribution in [1.82, 2.24) is 4.72 Å². The molecule has 0 spiro atoms. The fourth-order valence-electron chi connectivity index (χ4n) is 2.98. The molecule has 2 aromatic rings. The minimum atomic E-state index is -3.96. The molecule has 2 aromatic carbocycles. The molecule has 0 aromatic heterocycles. The molecule has 7 nitrogen and oxygen atoms in total. The van der Waals surface area contributed by atoms with Crippen molar-refractivity contribution < 1.29 is 13.3 Å². The molecule has 1 aliphatic heterocycles. The summed E-state index contributed by atoms with van der Waals surface area (Å²) in [5, 5.41) is 11.3. The number of anilines is 1. The number of nitro benzene ring substituents is 1. The smallest absolute Gasteiger partial charge is 0.291 e. The van der Waals surface area contributed by atoms with Gasteiger partial charge in [-0.2, -0.15) is 0 Å². The molecule has 0 amide bonds. The van der Waals surface area contributed by atoms with Crippen LogP contribution in [0.5, 0.6) is 0 Å². The summed E-state index contributed by atoms with van der Waals surface area (Å²) in [4.78, 5) is 12.2. The summed E-state index contributed by atoms with van der Waals surface area (Å²) in [7, 11) is -2.71. The van der Waals surface area contributed by atoms with Crippen LogP contribution in [0.3, 0.4) is 0 Å². The van der Waals surface area contributed by atoms with E-state index in [-0.39, 0.29) is 4.90 Å². The molecule has 0 unspecified atom stereocenters. The van der Waals surface area contributed by atoms with Crippen LogP contribution in [0.4, 0.5) is 11.4 Å². The van der Waals surface area contributed by atoms with Gasteiger partial charge in [0.1, 0.15) is 0 Å². The summed E-state index contributed by atoms with van der Waals surface area (Å²) in [5.41, 5.74) is 2.26. The normalized spacial score (nSPS) is 14.3. The van der Waals surface area contributed by atoms with E-state index in [4.69, 9.17) is 0 Å². The lowest BCUT2D eigenvalue weighted by Gasteiger charge is -2.31. The highest BCUT2D eigenvalue weighted by Gasteiger charge is 2.31. The molecule has 0 saturated carbocycles. The highest BCUT2D eigenvalue weighted by Crippen LogP contribution is 2.35. The van der Waals surface area contributed by atoms with Gasteiger partial charge in [0.25, 0.3) is 5.69 Å². The Kier molecular flexibility index (Phi) is 4.25. The maximum atomic E-state index is 12.4. The van der Waals surface area contributed by atoms with Gasteiger partial charge < -0.3 is 4.90 Å². The Balaban J connectivity index is 2.12. The first-order valence-corrected chi connectivity index (χ1v) is 8.95. The van der Waals surface area contributed by atoms with Crippen LogP contribution < -0.4 is 9.62 Å². The van der Waals surface area contributed by atoms with Crippen LogP contribution >= 0.6 is 0 Å². The van der Waals surface area contributed by atoms with Gasteiger partial charge in [-0.1, -0.05) is 30.3 Å². The van der Waals surface area contributed by atoms with E-state index in [9.17, 15) is 18.5 Å². The van der Waals surface area contributed by atoms with Crippen molar-refractivity contribution >= 4 is 21.4 Å². The van der Waals surface area contributed by atoms with Gasteiger partial charge in [0.15, 0.2) is 4.90 Å². The van der Waals surface area contributed by atoms with Gasteiger partial charge in [-0.15, -0.1) is 0 Å². The average molecular weight is 347 g/mol. The summed E-state index contributed by atoms with van der Waals surface area (Å²) >= 11 is 0. The van der Waals surface area contributed by atoms with Crippen molar-refractivity contribution in [2.75, 3.05) is 18.5 Å². The molecule has 0 bridgehead atoms. The fourth-order valence-corrected chi connectivity index (χ4v) is 4.08. The zero-order chi connectivity index (χ0) is 17.3. The zero-order valence-corrected chi connectivity index (χ0v) is 13.9. The second-order valence-electron chi connectivity index (χ2n) is 5.53. The number of fused-ring (bicyclic) bond motifs is 1. The third-order valence-electron chi connectivity index (χ3n) is 4.18. The lowest BCUT2D eigenvalue weighted by Crippen LogP contribution is -2.32. The Morgan fingerprint density at radius 1 is 1.12 bits per heavy atom. The predicted molar refractivity (Wildman–Crippen MR) is 90.5 cm³/mol. The Morgan fingerprint density at radius 2 is 1.83 bits per heavy atom. The number of benzene rings is 2. The maximum Gasteiger partial charge on any atom is 0.291 e. The SMILES string of the molecule is CNS(=O)(=O)c1c(N2CCc3ccccc3C2)cccc1[N+](=O)[O-]. The second kappa shape index (κ2) is 6.21. The summed E-state index contributed by atoms with van der Waals surface area (Å²) in [5.74, 6) is 0. The van der Waals surface area contributed by atoms with E-state index in [0.717, 1.165) is 12.0 Å². The maximum absolute atomic E-state index is 12.4. The van der Waals surface area contributed by atoms with Gasteiger partial charge in [-0.25, -0.2) is 13.1 Å². The molecule has 0 aliphatic carbocycles. The molecule has 1 aliphatic rings. The number of rotatable bonds is 4. The second-order valence-corrected chi connectivity index (χ2v) is 7.35. The molecule has 1 N–H and O–H groups in total. The molecule has 0 fully saturated rings. The van der Waals surface area contributed by atoms with Crippen molar-refractivity contribution in [2.45, 2.75) is 17.9 Å². The van der Waals surface area contributed by atoms with Gasteiger partial charge in [0.05, 0.1) is 10.6 Å². The number of hydrogen-bond donors (Lipinski definition) is 1. The van der Waals surface area contributed by atoms with Crippen molar-refractivity contribution in [3.8, 4) is 0 Å². The Labute approximate surface area is 140 Å². The topological polar surface area (TPSA) is 92.6 Å². The molecule has 0 saturated heterocycles. The van der Waals surface area contributed by atoms with Gasteiger partial charge in [-0.05, 0) is 30.7 Å². The Bertz CT molecular complexity index is 896. The molecule has 3 rings (SSSR count). The Hall–Kier alpha value is -2.45. The van der Waals surface area contributed by atoms with Crippen molar-refractivity contribution in [3.63, 3.8) is 0 Å². The van der Waals surface area contributed by atoms with Crippen molar-refractivity contribution in [2.24, 2.45) is 0 Å². The highest BCUT2D eigenvalue weighted by atomic mass is 32.2. The first kappa shape index (κ1) is 16.4. The molecular formula is C16H17N3O4S. The first-order chi connectivity index (χ1) is 11.4. The van der Waals surface area contributed by atoms with E-state index in [0.29, 0.717) is 18.8 Å². The van der Waals surface area contributed by atoms with Gasteiger partial charge in [-0.3, -0.25) is 10.1 Å². The van der Waals surface area contributed by atoms with E-state index in [2.05, 4.69) is 4.72 Å². The standard InChI is InChI=1S/C16H17N3O4S/c1-17-24(22,23)16-14(7-4-8-15(16)19(20)21)18-10-9-12-5-2-3-6-13(12)11-18/h2-8,17H,9-11H2,1H3. The van der Waals surface area contributed by atoms with E-state index in [1.807, 2.05) is 29.2 Å². The van der Waals surface area contributed by atoms with Gasteiger partial charge >= 0.3 is 0 Å². The highest BCUT2D eigenvalue weighted by molar-refractivity contribution is 7.89. The summed E-state index contributed by atoms with van der Waals surface area (Å²) in [6.07, 6.45) is 0.762. The minimum Gasteiger partial charge on any atom is -0.366 e. The van der Waals surface area contributed by atoms with E-state index >= 15 is 0 Å². The lowest BCUT2D eigenvalue weighted by molar-refractivity contribution is -0.387. The van der Waals surface area contributed by atoms with Crippen molar-refractivity contribution in [3.05, 3.63) is 63.7 Å². The average Bonchev–Trinajstić information content (AvgIpc) is 2.60. The summed E-state index contributed by atoms with van der Waals surface area (Å²) < 4.78 is 27.0. The number of hydrogen-bond acceptors (Lipinski definition) is 5.